The number of hydrogen-bond donors (Lipinski definition) is 1. The number of carbonyl (C=O) groups excluding carboxylic acids is 2. The quantitative estimate of drug-likeness (QED) is 0.496. The average Bonchev–Trinajstić information content (AvgIpc) is 3.28. The van der Waals surface area contributed by atoms with Gasteiger partial charge in [0.05, 0.1) is 18.0 Å². The van der Waals surface area contributed by atoms with Gasteiger partial charge in [0.2, 0.25) is 5.91 Å². The fourth-order valence-electron chi connectivity index (χ4n) is 3.76. The van der Waals surface area contributed by atoms with Crippen molar-refractivity contribution in [2.24, 2.45) is 7.05 Å². The number of benzene rings is 2. The monoisotopic (exact) mass is 480 g/mol. The highest BCUT2D eigenvalue weighted by Crippen LogP contribution is 2.29. The van der Waals surface area contributed by atoms with Crippen LogP contribution in [0.15, 0.2) is 60.0 Å². The number of thioether (sulfide) groups is 1. The van der Waals surface area contributed by atoms with Gasteiger partial charge in [0.1, 0.15) is 12.1 Å². The van der Waals surface area contributed by atoms with Crippen LogP contribution in [0.2, 0.25) is 0 Å². The molecule has 1 aliphatic rings. The summed E-state index contributed by atoms with van der Waals surface area (Å²) in [6.45, 7) is 5.35. The minimum Gasteiger partial charge on any atom is -0.492 e. The van der Waals surface area contributed by atoms with Crippen LogP contribution in [-0.4, -0.2) is 70.0 Å². The molecule has 2 aromatic carbocycles. The van der Waals surface area contributed by atoms with E-state index in [0.717, 1.165) is 24.5 Å². The Hall–Kier alpha value is -3.53. The summed E-state index contributed by atoms with van der Waals surface area (Å²) in [5.74, 6) is 0.950. The third kappa shape index (κ3) is 5.69. The summed E-state index contributed by atoms with van der Waals surface area (Å²) in [4.78, 5) is 29.3. The van der Waals surface area contributed by atoms with E-state index in [1.165, 1.54) is 11.8 Å². The van der Waals surface area contributed by atoms with Gasteiger partial charge in [-0.3, -0.25) is 9.59 Å². The van der Waals surface area contributed by atoms with E-state index in [1.54, 1.807) is 35.2 Å². The second kappa shape index (κ2) is 11.1. The van der Waals surface area contributed by atoms with Crippen LogP contribution in [0.25, 0.3) is 0 Å². The van der Waals surface area contributed by atoms with Crippen molar-refractivity contribution in [3.8, 4) is 5.75 Å². The topological polar surface area (TPSA) is 92.6 Å². The summed E-state index contributed by atoms with van der Waals surface area (Å²) in [6, 6.07) is 15.0. The van der Waals surface area contributed by atoms with Crippen LogP contribution in [0.5, 0.6) is 5.75 Å². The number of aryl methyl sites for hydroxylation is 1. The van der Waals surface area contributed by atoms with Crippen molar-refractivity contribution in [2.75, 3.05) is 48.8 Å². The maximum atomic E-state index is 13.0. The first-order valence-corrected chi connectivity index (χ1v) is 12.2. The summed E-state index contributed by atoms with van der Waals surface area (Å²) in [6.07, 6.45) is 1.59. The molecule has 1 fully saturated rings. The molecule has 10 heteroatoms. The van der Waals surface area contributed by atoms with Gasteiger partial charge in [-0.2, -0.15) is 0 Å². The third-order valence-electron chi connectivity index (χ3n) is 5.49. The maximum absolute atomic E-state index is 13.0. The summed E-state index contributed by atoms with van der Waals surface area (Å²) >= 11 is 1.31. The lowest BCUT2D eigenvalue weighted by molar-refractivity contribution is -0.113. The third-order valence-corrected chi connectivity index (χ3v) is 6.52. The van der Waals surface area contributed by atoms with Gasteiger partial charge >= 0.3 is 0 Å². The van der Waals surface area contributed by atoms with E-state index >= 15 is 0 Å². The number of hydrogen-bond acceptors (Lipinski definition) is 7. The summed E-state index contributed by atoms with van der Waals surface area (Å²) in [5, 5.41) is 11.3. The predicted molar refractivity (Wildman–Crippen MR) is 133 cm³/mol. The Kier molecular flexibility index (Phi) is 7.69. The van der Waals surface area contributed by atoms with Crippen molar-refractivity contribution >= 4 is 35.0 Å². The lowest BCUT2D eigenvalue weighted by Crippen LogP contribution is -2.48. The number of nitrogens with one attached hydrogen (secondary N) is 1. The van der Waals surface area contributed by atoms with E-state index in [4.69, 9.17) is 4.74 Å². The standard InChI is InChI=1S/C24H28N6O3S/c1-3-33-21-7-5-4-6-20(21)29-12-14-30(15-13-29)23(32)18-8-10-19(11-9-18)26-22(31)16-34-24-27-25-17-28(24)2/h4-11,17H,3,12-16H2,1-2H3,(H,26,31). The van der Waals surface area contributed by atoms with Crippen LogP contribution < -0.4 is 15.0 Å². The summed E-state index contributed by atoms with van der Waals surface area (Å²) < 4.78 is 7.51. The first-order valence-electron chi connectivity index (χ1n) is 11.2. The molecule has 2 amide bonds. The van der Waals surface area contributed by atoms with E-state index in [1.807, 2.05) is 37.1 Å². The van der Waals surface area contributed by atoms with Crippen molar-refractivity contribution in [1.82, 2.24) is 19.7 Å². The zero-order valence-electron chi connectivity index (χ0n) is 19.3. The molecule has 9 nitrogen and oxygen atoms in total. The van der Waals surface area contributed by atoms with E-state index in [9.17, 15) is 9.59 Å². The van der Waals surface area contributed by atoms with Crippen LogP contribution in [0.4, 0.5) is 11.4 Å². The lowest BCUT2D eigenvalue weighted by atomic mass is 10.1. The van der Waals surface area contributed by atoms with Crippen LogP contribution in [-0.2, 0) is 11.8 Å². The molecule has 1 N–H and O–H groups in total. The molecule has 1 aliphatic heterocycles. The van der Waals surface area contributed by atoms with Gasteiger partial charge in [-0.05, 0) is 43.3 Å². The molecule has 34 heavy (non-hydrogen) atoms. The molecule has 0 aliphatic carbocycles. The van der Waals surface area contributed by atoms with Crippen molar-refractivity contribution in [3.05, 3.63) is 60.4 Å². The minimum absolute atomic E-state index is 0.00606. The Morgan fingerprint density at radius 2 is 1.79 bits per heavy atom. The van der Waals surface area contributed by atoms with Gasteiger partial charge in [-0.15, -0.1) is 10.2 Å². The average molecular weight is 481 g/mol. The number of anilines is 2. The SMILES string of the molecule is CCOc1ccccc1N1CCN(C(=O)c2ccc(NC(=O)CSc3nncn3C)cc2)CC1. The molecular weight excluding hydrogens is 452 g/mol. The van der Waals surface area contributed by atoms with Gasteiger partial charge < -0.3 is 24.4 Å². The molecule has 4 rings (SSSR count). The molecule has 0 spiro atoms. The van der Waals surface area contributed by atoms with E-state index in [2.05, 4.69) is 26.5 Å². The first kappa shape index (κ1) is 23.6. The molecule has 0 radical (unpaired) electrons. The van der Waals surface area contributed by atoms with Gasteiger partial charge in [0, 0.05) is 44.5 Å². The summed E-state index contributed by atoms with van der Waals surface area (Å²) in [5.41, 5.74) is 2.32. The molecule has 1 saturated heterocycles. The van der Waals surface area contributed by atoms with Crippen LogP contribution in [0, 0.1) is 0 Å². The molecule has 1 aromatic heterocycles. The largest absolute Gasteiger partial charge is 0.492 e. The lowest BCUT2D eigenvalue weighted by Gasteiger charge is -2.36. The second-order valence-electron chi connectivity index (χ2n) is 7.82. The minimum atomic E-state index is -0.143. The Morgan fingerprint density at radius 3 is 2.47 bits per heavy atom. The second-order valence-corrected chi connectivity index (χ2v) is 8.76. The number of carbonyl (C=O) groups is 2. The fraction of sp³-hybridized carbons (Fsp3) is 0.333. The molecular formula is C24H28N6O3S. The van der Waals surface area contributed by atoms with Gasteiger partial charge in [-0.1, -0.05) is 23.9 Å². The van der Waals surface area contributed by atoms with Crippen molar-refractivity contribution in [3.63, 3.8) is 0 Å². The van der Waals surface area contributed by atoms with E-state index in [-0.39, 0.29) is 17.6 Å². The number of aromatic nitrogens is 3. The summed E-state index contributed by atoms with van der Waals surface area (Å²) in [7, 11) is 1.83. The zero-order valence-corrected chi connectivity index (χ0v) is 20.1. The van der Waals surface area contributed by atoms with Gasteiger partial charge in [-0.25, -0.2) is 0 Å². The Labute approximate surface area is 203 Å². The van der Waals surface area contributed by atoms with Gasteiger partial charge in [0.15, 0.2) is 5.16 Å². The van der Waals surface area contributed by atoms with E-state index in [0.29, 0.717) is 36.1 Å². The number of para-hydroxylation sites is 2. The molecule has 3 aromatic rings. The maximum Gasteiger partial charge on any atom is 0.253 e. The Bertz CT molecular complexity index is 1130. The highest BCUT2D eigenvalue weighted by molar-refractivity contribution is 7.99. The first-order chi connectivity index (χ1) is 16.5. The molecule has 0 saturated carbocycles. The normalized spacial score (nSPS) is 13.6. The molecule has 178 valence electrons. The van der Waals surface area contributed by atoms with Gasteiger partial charge in [0.25, 0.3) is 5.91 Å². The smallest absolute Gasteiger partial charge is 0.253 e. The fourth-order valence-corrected chi connectivity index (χ4v) is 4.44. The zero-order chi connectivity index (χ0) is 23.9. The molecule has 0 atom stereocenters. The molecule has 2 heterocycles. The van der Waals surface area contributed by atoms with Crippen molar-refractivity contribution in [2.45, 2.75) is 12.1 Å². The van der Waals surface area contributed by atoms with Crippen molar-refractivity contribution in [1.29, 1.82) is 0 Å². The molecule has 0 bridgehead atoms. The Balaban J connectivity index is 1.28. The number of piperazine rings is 1. The number of rotatable bonds is 8. The highest BCUT2D eigenvalue weighted by Gasteiger charge is 2.23. The van der Waals surface area contributed by atoms with Crippen molar-refractivity contribution < 1.29 is 14.3 Å². The highest BCUT2D eigenvalue weighted by atomic mass is 32.2. The number of nitrogens with zero attached hydrogens (tertiary/aromatic N) is 5. The van der Waals surface area contributed by atoms with Crippen LogP contribution >= 0.6 is 11.8 Å². The van der Waals surface area contributed by atoms with Crippen LogP contribution in [0.3, 0.4) is 0 Å². The number of amides is 2. The molecule has 0 unspecified atom stereocenters. The predicted octanol–water partition coefficient (Wildman–Crippen LogP) is 2.91. The van der Waals surface area contributed by atoms with E-state index < -0.39 is 0 Å². The number of ether oxygens (including phenoxy) is 1. The van der Waals surface area contributed by atoms with Crippen LogP contribution in [0.1, 0.15) is 17.3 Å². The Morgan fingerprint density at radius 1 is 1.06 bits per heavy atom.